The van der Waals surface area contributed by atoms with Crippen LogP contribution in [0.1, 0.15) is 31.6 Å². The molecular weight excluding hydrogens is 244 g/mol. The Hall–Kier alpha value is -2.21. The van der Waals surface area contributed by atoms with Crippen molar-refractivity contribution in [2.75, 3.05) is 0 Å². The molecule has 0 bridgehead atoms. The predicted octanol–water partition coefficient (Wildman–Crippen LogP) is 2.78. The second kappa shape index (κ2) is 5.62. The summed E-state index contributed by atoms with van der Waals surface area (Å²) < 4.78 is 0. The first-order chi connectivity index (χ1) is 9.13. The standard InChI is InChI=1S/C13H16N4O2/c1-2-5-10(14)13-15-8-11(16-13)9-6-3-4-7-12(9)17(18)19/h3-4,6-8,10H,2,5,14H2,1H3,(H,15,16). The quantitative estimate of drug-likeness (QED) is 0.638. The van der Waals surface area contributed by atoms with Crippen molar-refractivity contribution in [2.45, 2.75) is 25.8 Å². The first kappa shape index (κ1) is 13.2. The second-order valence-corrected chi connectivity index (χ2v) is 4.35. The van der Waals surface area contributed by atoms with Crippen molar-refractivity contribution in [3.63, 3.8) is 0 Å². The Morgan fingerprint density at radius 2 is 2.21 bits per heavy atom. The summed E-state index contributed by atoms with van der Waals surface area (Å²) in [4.78, 5) is 17.9. The number of imidazole rings is 1. The van der Waals surface area contributed by atoms with Crippen molar-refractivity contribution < 1.29 is 4.92 Å². The zero-order chi connectivity index (χ0) is 13.8. The average molecular weight is 260 g/mol. The van der Waals surface area contributed by atoms with Crippen LogP contribution in [0.25, 0.3) is 11.3 Å². The van der Waals surface area contributed by atoms with E-state index in [1.807, 2.05) is 6.92 Å². The smallest absolute Gasteiger partial charge is 0.278 e. The first-order valence-electron chi connectivity index (χ1n) is 6.17. The molecule has 0 amide bonds. The number of nitro groups is 1. The van der Waals surface area contributed by atoms with Gasteiger partial charge in [-0.05, 0) is 12.5 Å². The van der Waals surface area contributed by atoms with E-state index in [-0.39, 0.29) is 11.7 Å². The van der Waals surface area contributed by atoms with Crippen LogP contribution in [0.2, 0.25) is 0 Å². The fourth-order valence-electron chi connectivity index (χ4n) is 1.97. The van der Waals surface area contributed by atoms with Crippen molar-refractivity contribution in [3.8, 4) is 11.3 Å². The van der Waals surface area contributed by atoms with Crippen LogP contribution in [0.5, 0.6) is 0 Å². The van der Waals surface area contributed by atoms with Crippen LogP contribution in [0.3, 0.4) is 0 Å². The number of nitro benzene ring substituents is 1. The van der Waals surface area contributed by atoms with E-state index in [0.29, 0.717) is 17.1 Å². The van der Waals surface area contributed by atoms with Crippen molar-refractivity contribution in [3.05, 3.63) is 46.4 Å². The lowest BCUT2D eigenvalue weighted by atomic mass is 10.1. The largest absolute Gasteiger partial charge is 0.340 e. The van der Waals surface area contributed by atoms with Crippen LogP contribution in [0.15, 0.2) is 30.5 Å². The molecule has 0 aliphatic carbocycles. The molecule has 19 heavy (non-hydrogen) atoms. The Morgan fingerprint density at radius 1 is 1.47 bits per heavy atom. The fraction of sp³-hybridized carbons (Fsp3) is 0.308. The SMILES string of the molecule is CCCC(N)c1ncc(-c2ccccc2[N+](=O)[O-])[nH]1. The normalized spacial score (nSPS) is 12.3. The number of rotatable bonds is 5. The lowest BCUT2D eigenvalue weighted by Gasteiger charge is -2.06. The van der Waals surface area contributed by atoms with E-state index in [1.54, 1.807) is 24.4 Å². The summed E-state index contributed by atoms with van der Waals surface area (Å²) in [6, 6.07) is 6.40. The van der Waals surface area contributed by atoms with Gasteiger partial charge in [0.05, 0.1) is 28.4 Å². The van der Waals surface area contributed by atoms with Crippen LogP contribution < -0.4 is 5.73 Å². The molecule has 6 heteroatoms. The third-order valence-corrected chi connectivity index (χ3v) is 2.94. The maximum Gasteiger partial charge on any atom is 0.278 e. The van der Waals surface area contributed by atoms with Crippen LogP contribution in [0.4, 0.5) is 5.69 Å². The molecule has 1 heterocycles. The van der Waals surface area contributed by atoms with Gasteiger partial charge < -0.3 is 10.7 Å². The molecule has 0 spiro atoms. The van der Waals surface area contributed by atoms with Crippen molar-refractivity contribution in [1.29, 1.82) is 0 Å². The third kappa shape index (κ3) is 2.79. The van der Waals surface area contributed by atoms with Crippen molar-refractivity contribution in [2.24, 2.45) is 5.73 Å². The third-order valence-electron chi connectivity index (χ3n) is 2.94. The molecule has 1 unspecified atom stereocenters. The molecule has 0 aliphatic rings. The highest BCUT2D eigenvalue weighted by Gasteiger charge is 2.17. The van der Waals surface area contributed by atoms with Crippen LogP contribution in [-0.2, 0) is 0 Å². The van der Waals surface area contributed by atoms with E-state index in [2.05, 4.69) is 9.97 Å². The van der Waals surface area contributed by atoms with Gasteiger partial charge in [-0.1, -0.05) is 25.5 Å². The number of nitrogens with one attached hydrogen (secondary N) is 1. The molecule has 3 N–H and O–H groups in total. The summed E-state index contributed by atoms with van der Waals surface area (Å²) >= 11 is 0. The van der Waals surface area contributed by atoms with E-state index in [0.717, 1.165) is 12.8 Å². The van der Waals surface area contributed by atoms with Crippen LogP contribution in [-0.4, -0.2) is 14.9 Å². The molecule has 1 aromatic heterocycles. The molecular formula is C13H16N4O2. The topological polar surface area (TPSA) is 97.8 Å². The van der Waals surface area contributed by atoms with Crippen LogP contribution in [0, 0.1) is 10.1 Å². The first-order valence-corrected chi connectivity index (χ1v) is 6.17. The molecule has 2 aromatic rings. The van der Waals surface area contributed by atoms with E-state index in [4.69, 9.17) is 5.73 Å². The van der Waals surface area contributed by atoms with Gasteiger partial charge in [0.15, 0.2) is 0 Å². The molecule has 0 aliphatic heterocycles. The zero-order valence-electron chi connectivity index (χ0n) is 10.7. The minimum absolute atomic E-state index is 0.0572. The van der Waals surface area contributed by atoms with Gasteiger partial charge in [0.2, 0.25) is 0 Å². The van der Waals surface area contributed by atoms with Gasteiger partial charge >= 0.3 is 0 Å². The Morgan fingerprint density at radius 3 is 2.89 bits per heavy atom. The number of para-hydroxylation sites is 1. The number of aromatic nitrogens is 2. The molecule has 0 radical (unpaired) electrons. The van der Waals surface area contributed by atoms with E-state index in [9.17, 15) is 10.1 Å². The summed E-state index contributed by atoms with van der Waals surface area (Å²) in [5, 5.41) is 11.0. The molecule has 0 fully saturated rings. The maximum atomic E-state index is 11.0. The Bertz CT molecular complexity index is 580. The lowest BCUT2D eigenvalue weighted by molar-refractivity contribution is -0.384. The maximum absolute atomic E-state index is 11.0. The molecule has 6 nitrogen and oxygen atoms in total. The molecule has 0 saturated heterocycles. The number of benzene rings is 1. The average Bonchev–Trinajstić information content (AvgIpc) is 2.88. The highest BCUT2D eigenvalue weighted by Crippen LogP contribution is 2.28. The second-order valence-electron chi connectivity index (χ2n) is 4.35. The fourth-order valence-corrected chi connectivity index (χ4v) is 1.97. The number of H-pyrrole nitrogens is 1. The van der Waals surface area contributed by atoms with E-state index < -0.39 is 4.92 Å². The minimum Gasteiger partial charge on any atom is -0.340 e. The van der Waals surface area contributed by atoms with Crippen molar-refractivity contribution in [1.82, 2.24) is 9.97 Å². The monoisotopic (exact) mass is 260 g/mol. The number of aromatic amines is 1. The number of hydrogen-bond acceptors (Lipinski definition) is 4. The van der Waals surface area contributed by atoms with Crippen molar-refractivity contribution >= 4 is 5.69 Å². The number of nitrogens with zero attached hydrogens (tertiary/aromatic N) is 2. The van der Waals surface area contributed by atoms with Gasteiger partial charge in [0.1, 0.15) is 5.82 Å². The molecule has 1 aromatic carbocycles. The Labute approximate surface area is 110 Å². The predicted molar refractivity (Wildman–Crippen MR) is 72.5 cm³/mol. The molecule has 100 valence electrons. The van der Waals surface area contributed by atoms with E-state index in [1.165, 1.54) is 6.07 Å². The lowest BCUT2D eigenvalue weighted by Crippen LogP contribution is -2.11. The Kier molecular flexibility index (Phi) is 3.91. The summed E-state index contributed by atoms with van der Waals surface area (Å²) in [5.74, 6) is 0.662. The highest BCUT2D eigenvalue weighted by molar-refractivity contribution is 5.70. The number of hydrogen-bond donors (Lipinski definition) is 2. The van der Waals surface area contributed by atoms with Gasteiger partial charge in [-0.25, -0.2) is 4.98 Å². The minimum atomic E-state index is -0.401. The van der Waals surface area contributed by atoms with Crippen LogP contribution >= 0.6 is 0 Å². The van der Waals surface area contributed by atoms with Gasteiger partial charge in [-0.15, -0.1) is 0 Å². The summed E-state index contributed by atoms with van der Waals surface area (Å²) in [6.07, 6.45) is 3.37. The number of nitrogens with two attached hydrogens (primary N) is 1. The van der Waals surface area contributed by atoms with Gasteiger partial charge in [-0.2, -0.15) is 0 Å². The summed E-state index contributed by atoms with van der Waals surface area (Å²) in [5.41, 5.74) is 7.17. The summed E-state index contributed by atoms with van der Waals surface area (Å²) in [6.45, 7) is 2.05. The molecule has 2 rings (SSSR count). The Balaban J connectivity index is 2.35. The van der Waals surface area contributed by atoms with E-state index >= 15 is 0 Å². The highest BCUT2D eigenvalue weighted by atomic mass is 16.6. The van der Waals surface area contributed by atoms with Gasteiger partial charge in [0.25, 0.3) is 5.69 Å². The van der Waals surface area contributed by atoms with Gasteiger partial charge in [0, 0.05) is 6.07 Å². The molecule has 0 saturated carbocycles. The van der Waals surface area contributed by atoms with Gasteiger partial charge in [-0.3, -0.25) is 10.1 Å². The summed E-state index contributed by atoms with van der Waals surface area (Å²) in [7, 11) is 0. The molecule has 1 atom stereocenters. The zero-order valence-corrected chi connectivity index (χ0v) is 10.7.